The zero-order chi connectivity index (χ0) is 15.4. The number of amides is 1. The van der Waals surface area contributed by atoms with Crippen molar-refractivity contribution in [1.82, 2.24) is 4.90 Å². The lowest BCUT2D eigenvalue weighted by Crippen LogP contribution is -2.22. The van der Waals surface area contributed by atoms with Gasteiger partial charge >= 0.3 is 0 Å². The van der Waals surface area contributed by atoms with Crippen molar-refractivity contribution in [2.75, 3.05) is 19.4 Å². The van der Waals surface area contributed by atoms with E-state index >= 15 is 0 Å². The predicted octanol–water partition coefficient (Wildman–Crippen LogP) is 3.62. The molecule has 3 nitrogen and oxygen atoms in total. The number of hydrogen-bond acceptors (Lipinski definition) is 2. The van der Waals surface area contributed by atoms with Crippen LogP contribution in [-0.2, 0) is 6.54 Å². The van der Waals surface area contributed by atoms with Gasteiger partial charge in [0, 0.05) is 26.3 Å². The fraction of sp³-hybridized carbons (Fsp3) is 0.278. The van der Waals surface area contributed by atoms with Crippen LogP contribution < -0.4 is 5.32 Å². The molecule has 0 saturated carbocycles. The van der Waals surface area contributed by atoms with Gasteiger partial charge < -0.3 is 10.2 Å². The summed E-state index contributed by atoms with van der Waals surface area (Å²) in [5, 5.41) is 3.39. The number of carbonyl (C=O) groups is 1. The minimum atomic E-state index is 0.0130. The van der Waals surface area contributed by atoms with Crippen LogP contribution in [-0.4, -0.2) is 24.9 Å². The predicted molar refractivity (Wildman–Crippen MR) is 87.7 cm³/mol. The van der Waals surface area contributed by atoms with Crippen molar-refractivity contribution in [2.24, 2.45) is 0 Å². The number of hydrogen-bond donors (Lipinski definition) is 1. The SMILES string of the molecule is Cc1cccc(CNc2ccccc2C(=O)N(C)C)c1C. The minimum Gasteiger partial charge on any atom is -0.380 e. The normalized spacial score (nSPS) is 10.3. The molecule has 2 aromatic rings. The molecule has 110 valence electrons. The lowest BCUT2D eigenvalue weighted by Gasteiger charge is -2.16. The number of aryl methyl sites for hydroxylation is 1. The third-order valence-electron chi connectivity index (χ3n) is 3.75. The molecule has 0 fully saturated rings. The average Bonchev–Trinajstić information content (AvgIpc) is 2.48. The molecule has 0 spiro atoms. The van der Waals surface area contributed by atoms with Crippen LogP contribution in [0.1, 0.15) is 27.0 Å². The van der Waals surface area contributed by atoms with Crippen LogP contribution in [0.4, 0.5) is 5.69 Å². The largest absolute Gasteiger partial charge is 0.380 e. The van der Waals surface area contributed by atoms with E-state index in [1.807, 2.05) is 24.3 Å². The van der Waals surface area contributed by atoms with Crippen molar-refractivity contribution in [2.45, 2.75) is 20.4 Å². The topological polar surface area (TPSA) is 32.3 Å². The third-order valence-corrected chi connectivity index (χ3v) is 3.75. The van der Waals surface area contributed by atoms with Gasteiger partial charge in [-0.05, 0) is 42.7 Å². The molecule has 1 N–H and O–H groups in total. The first-order valence-corrected chi connectivity index (χ1v) is 7.10. The van der Waals surface area contributed by atoms with Crippen LogP contribution in [0.5, 0.6) is 0 Å². The van der Waals surface area contributed by atoms with E-state index in [9.17, 15) is 4.79 Å². The van der Waals surface area contributed by atoms with Gasteiger partial charge in [0.25, 0.3) is 5.91 Å². The molecule has 0 aliphatic heterocycles. The van der Waals surface area contributed by atoms with Crippen molar-refractivity contribution in [3.63, 3.8) is 0 Å². The number of benzene rings is 2. The summed E-state index contributed by atoms with van der Waals surface area (Å²) in [5.41, 5.74) is 5.40. The average molecular weight is 282 g/mol. The Morgan fingerprint density at radius 2 is 1.76 bits per heavy atom. The molecule has 0 unspecified atom stereocenters. The summed E-state index contributed by atoms with van der Waals surface area (Å²) >= 11 is 0. The standard InChI is InChI=1S/C18H22N2O/c1-13-8-7-9-15(14(13)2)12-19-17-11-6-5-10-16(17)18(21)20(3)4/h5-11,19H,12H2,1-4H3. The number of rotatable bonds is 4. The Bertz CT molecular complexity index is 647. The van der Waals surface area contributed by atoms with Crippen molar-refractivity contribution in [1.29, 1.82) is 0 Å². The fourth-order valence-corrected chi connectivity index (χ4v) is 2.26. The molecule has 2 rings (SSSR count). The Hall–Kier alpha value is -2.29. The van der Waals surface area contributed by atoms with E-state index in [1.54, 1.807) is 19.0 Å². The molecular weight excluding hydrogens is 260 g/mol. The number of carbonyl (C=O) groups excluding carboxylic acids is 1. The van der Waals surface area contributed by atoms with Gasteiger partial charge in [0.1, 0.15) is 0 Å². The lowest BCUT2D eigenvalue weighted by molar-refractivity contribution is 0.0828. The smallest absolute Gasteiger partial charge is 0.255 e. The molecule has 21 heavy (non-hydrogen) atoms. The minimum absolute atomic E-state index is 0.0130. The molecule has 0 atom stereocenters. The summed E-state index contributed by atoms with van der Waals surface area (Å²) in [6.45, 7) is 4.96. The van der Waals surface area contributed by atoms with Crippen molar-refractivity contribution < 1.29 is 4.79 Å². The first-order chi connectivity index (χ1) is 10.0. The lowest BCUT2D eigenvalue weighted by atomic mass is 10.0. The van der Waals surface area contributed by atoms with E-state index < -0.39 is 0 Å². The van der Waals surface area contributed by atoms with E-state index in [0.29, 0.717) is 12.1 Å². The Morgan fingerprint density at radius 3 is 2.48 bits per heavy atom. The Kier molecular flexibility index (Phi) is 4.63. The van der Waals surface area contributed by atoms with Gasteiger partial charge in [0.15, 0.2) is 0 Å². The van der Waals surface area contributed by atoms with Crippen molar-refractivity contribution >= 4 is 11.6 Å². The van der Waals surface area contributed by atoms with Crippen LogP contribution in [0.2, 0.25) is 0 Å². The van der Waals surface area contributed by atoms with Gasteiger partial charge in [-0.25, -0.2) is 0 Å². The summed E-state index contributed by atoms with van der Waals surface area (Å²) in [4.78, 5) is 13.8. The quantitative estimate of drug-likeness (QED) is 0.929. The highest BCUT2D eigenvalue weighted by Gasteiger charge is 2.12. The second-order valence-corrected chi connectivity index (χ2v) is 5.46. The zero-order valence-corrected chi connectivity index (χ0v) is 13.1. The number of para-hydroxylation sites is 1. The highest BCUT2D eigenvalue weighted by atomic mass is 16.2. The van der Waals surface area contributed by atoms with Gasteiger partial charge in [-0.1, -0.05) is 30.3 Å². The molecule has 0 radical (unpaired) electrons. The maximum Gasteiger partial charge on any atom is 0.255 e. The molecule has 3 heteroatoms. The highest BCUT2D eigenvalue weighted by Crippen LogP contribution is 2.19. The molecule has 1 amide bonds. The van der Waals surface area contributed by atoms with Gasteiger partial charge in [-0.15, -0.1) is 0 Å². The summed E-state index contributed by atoms with van der Waals surface area (Å²) in [7, 11) is 3.54. The number of nitrogens with zero attached hydrogens (tertiary/aromatic N) is 1. The maximum atomic E-state index is 12.2. The summed E-state index contributed by atoms with van der Waals surface area (Å²) in [6.07, 6.45) is 0. The van der Waals surface area contributed by atoms with Gasteiger partial charge in [0.2, 0.25) is 0 Å². The van der Waals surface area contributed by atoms with Crippen LogP contribution in [0, 0.1) is 13.8 Å². The molecule has 2 aromatic carbocycles. The number of nitrogens with one attached hydrogen (secondary N) is 1. The maximum absolute atomic E-state index is 12.2. The summed E-state index contributed by atoms with van der Waals surface area (Å²) in [5.74, 6) is 0.0130. The second kappa shape index (κ2) is 6.44. The van der Waals surface area contributed by atoms with Crippen LogP contribution >= 0.6 is 0 Å². The molecule has 0 bridgehead atoms. The first kappa shape index (κ1) is 15.1. The summed E-state index contributed by atoms with van der Waals surface area (Å²) < 4.78 is 0. The molecule has 0 saturated heterocycles. The zero-order valence-electron chi connectivity index (χ0n) is 13.1. The van der Waals surface area contributed by atoms with Gasteiger partial charge in [-0.2, -0.15) is 0 Å². The monoisotopic (exact) mass is 282 g/mol. The first-order valence-electron chi connectivity index (χ1n) is 7.10. The Balaban J connectivity index is 2.21. The van der Waals surface area contributed by atoms with Crippen molar-refractivity contribution in [3.8, 4) is 0 Å². The Labute approximate surface area is 126 Å². The number of anilines is 1. The van der Waals surface area contributed by atoms with Crippen LogP contribution in [0.25, 0.3) is 0 Å². The molecule has 0 aliphatic rings. The molecule has 0 heterocycles. The summed E-state index contributed by atoms with van der Waals surface area (Å²) in [6, 6.07) is 13.9. The molecule has 0 aliphatic carbocycles. The van der Waals surface area contributed by atoms with Crippen LogP contribution in [0.3, 0.4) is 0 Å². The molecule has 0 aromatic heterocycles. The van der Waals surface area contributed by atoms with Crippen LogP contribution in [0.15, 0.2) is 42.5 Å². The Morgan fingerprint density at radius 1 is 1.05 bits per heavy atom. The second-order valence-electron chi connectivity index (χ2n) is 5.46. The van der Waals surface area contributed by atoms with E-state index in [1.165, 1.54) is 16.7 Å². The van der Waals surface area contributed by atoms with E-state index in [-0.39, 0.29) is 5.91 Å². The van der Waals surface area contributed by atoms with Gasteiger partial charge in [0.05, 0.1) is 5.56 Å². The third kappa shape index (κ3) is 3.43. The van der Waals surface area contributed by atoms with Gasteiger partial charge in [-0.3, -0.25) is 4.79 Å². The van der Waals surface area contributed by atoms with E-state index in [2.05, 4.69) is 37.4 Å². The van der Waals surface area contributed by atoms with Crippen molar-refractivity contribution in [3.05, 3.63) is 64.7 Å². The molecular formula is C18H22N2O. The fourth-order valence-electron chi connectivity index (χ4n) is 2.26. The highest BCUT2D eigenvalue weighted by molar-refractivity contribution is 5.99. The van der Waals surface area contributed by atoms with E-state index in [0.717, 1.165) is 5.69 Å². The van der Waals surface area contributed by atoms with E-state index in [4.69, 9.17) is 0 Å².